The quantitative estimate of drug-likeness (QED) is 0.532. The van der Waals surface area contributed by atoms with Gasteiger partial charge in [-0.3, -0.25) is 0 Å². The van der Waals surface area contributed by atoms with Crippen molar-refractivity contribution in [3.8, 4) is 5.75 Å². The molecule has 0 aliphatic rings. The van der Waals surface area contributed by atoms with Crippen LogP contribution in [-0.2, 0) is 0 Å². The summed E-state index contributed by atoms with van der Waals surface area (Å²) in [6.45, 7) is 0.892. The molecule has 19 heavy (non-hydrogen) atoms. The van der Waals surface area contributed by atoms with Gasteiger partial charge in [0.15, 0.2) is 0 Å². The molecule has 0 saturated carbocycles. The largest absolute Gasteiger partial charge is 0.435 e. The number of halogens is 2. The first kappa shape index (κ1) is 15.6. The highest BCUT2D eigenvalue weighted by Crippen LogP contribution is 2.21. The molecule has 0 aliphatic carbocycles. The topological polar surface area (TPSA) is 35.2 Å². The van der Waals surface area contributed by atoms with E-state index in [1.54, 1.807) is 12.1 Å². The number of unbranched alkanes of at least 4 members (excludes halogenated alkanes) is 3. The predicted octanol–water partition coefficient (Wildman–Crippen LogP) is 4.42. The third-order valence-electron chi connectivity index (χ3n) is 2.96. The first-order valence-corrected chi connectivity index (χ1v) is 6.54. The normalized spacial score (nSPS) is 12.4. The Kier molecular flexibility index (Phi) is 7.11. The van der Waals surface area contributed by atoms with Crippen LogP contribution in [0, 0.1) is 0 Å². The van der Waals surface area contributed by atoms with Gasteiger partial charge < -0.3 is 10.5 Å². The average Bonchev–Trinajstić information content (AvgIpc) is 2.38. The van der Waals surface area contributed by atoms with Crippen molar-refractivity contribution in [1.29, 1.82) is 0 Å². The maximum atomic E-state index is 12.0. The highest BCUT2D eigenvalue weighted by atomic mass is 19.3. The number of allylic oxidation sites excluding steroid dienone is 1. The van der Waals surface area contributed by atoms with Gasteiger partial charge in [0.1, 0.15) is 5.75 Å². The Balaban J connectivity index is 2.35. The number of nitrogens with two attached hydrogens (primary N) is 1. The predicted molar refractivity (Wildman–Crippen MR) is 73.3 cm³/mol. The van der Waals surface area contributed by atoms with Crippen molar-refractivity contribution in [1.82, 2.24) is 0 Å². The molecule has 1 rings (SSSR count). The lowest BCUT2D eigenvalue weighted by atomic mass is 10.0. The van der Waals surface area contributed by atoms with Crippen LogP contribution in [0.4, 0.5) is 8.78 Å². The first-order valence-electron chi connectivity index (χ1n) is 6.54. The van der Waals surface area contributed by atoms with Crippen LogP contribution in [0.1, 0.15) is 43.7 Å². The van der Waals surface area contributed by atoms with Crippen LogP contribution in [0.25, 0.3) is 0 Å². The van der Waals surface area contributed by atoms with E-state index < -0.39 is 6.61 Å². The molecule has 0 spiro atoms. The molecule has 0 aliphatic heterocycles. The van der Waals surface area contributed by atoms with Crippen LogP contribution in [0.5, 0.6) is 5.75 Å². The number of benzene rings is 1. The molecule has 0 amide bonds. The zero-order chi connectivity index (χ0) is 14.1. The number of rotatable bonds is 9. The smallest absolute Gasteiger partial charge is 0.387 e. The van der Waals surface area contributed by atoms with E-state index in [1.807, 2.05) is 6.08 Å². The van der Waals surface area contributed by atoms with Gasteiger partial charge in [-0.25, -0.2) is 0 Å². The fourth-order valence-corrected chi connectivity index (χ4v) is 1.89. The van der Waals surface area contributed by atoms with Crippen LogP contribution in [-0.4, -0.2) is 6.61 Å². The number of hydrogen-bond acceptors (Lipinski definition) is 2. The summed E-state index contributed by atoms with van der Waals surface area (Å²) in [7, 11) is 0. The fraction of sp³-hybridized carbons (Fsp3) is 0.467. The monoisotopic (exact) mass is 269 g/mol. The van der Waals surface area contributed by atoms with Gasteiger partial charge in [-0.2, -0.15) is 8.78 Å². The average molecular weight is 269 g/mol. The molecule has 4 heteroatoms. The van der Waals surface area contributed by atoms with Gasteiger partial charge in [-0.1, -0.05) is 31.1 Å². The van der Waals surface area contributed by atoms with Crippen molar-refractivity contribution in [2.45, 2.75) is 44.8 Å². The molecule has 0 aromatic heterocycles. The molecule has 0 saturated heterocycles. The minimum Gasteiger partial charge on any atom is -0.435 e. The lowest BCUT2D eigenvalue weighted by molar-refractivity contribution is -0.0498. The molecular weight excluding hydrogens is 248 g/mol. The van der Waals surface area contributed by atoms with E-state index in [9.17, 15) is 8.78 Å². The van der Waals surface area contributed by atoms with Crippen molar-refractivity contribution < 1.29 is 13.5 Å². The van der Waals surface area contributed by atoms with Crippen LogP contribution >= 0.6 is 0 Å². The van der Waals surface area contributed by atoms with Crippen LogP contribution in [0.3, 0.4) is 0 Å². The summed E-state index contributed by atoms with van der Waals surface area (Å²) in [4.78, 5) is 0. The standard InChI is InChI=1S/C15H21F2NO/c1-2-3-4-5-6-7-14(18)12-8-10-13(11-9-12)19-15(16)17/h2,8-11,14-15H,1,3-7,18H2. The number of hydrogen-bond donors (Lipinski definition) is 1. The summed E-state index contributed by atoms with van der Waals surface area (Å²) in [5.74, 6) is 0.164. The Morgan fingerprint density at radius 1 is 1.16 bits per heavy atom. The van der Waals surface area contributed by atoms with Crippen LogP contribution in [0.2, 0.25) is 0 Å². The summed E-state index contributed by atoms with van der Waals surface area (Å²) in [6, 6.07) is 6.49. The maximum absolute atomic E-state index is 12.0. The van der Waals surface area contributed by atoms with E-state index >= 15 is 0 Å². The van der Waals surface area contributed by atoms with Crippen molar-refractivity contribution in [2.24, 2.45) is 5.73 Å². The molecule has 0 heterocycles. The van der Waals surface area contributed by atoms with E-state index in [1.165, 1.54) is 12.1 Å². The molecule has 1 aromatic rings. The fourth-order valence-electron chi connectivity index (χ4n) is 1.89. The highest BCUT2D eigenvalue weighted by Gasteiger charge is 2.07. The van der Waals surface area contributed by atoms with Crippen molar-refractivity contribution in [2.75, 3.05) is 0 Å². The van der Waals surface area contributed by atoms with Crippen LogP contribution in [0.15, 0.2) is 36.9 Å². The van der Waals surface area contributed by atoms with Gasteiger partial charge in [-0.05, 0) is 37.0 Å². The first-order chi connectivity index (χ1) is 9.13. The van der Waals surface area contributed by atoms with Crippen molar-refractivity contribution in [3.63, 3.8) is 0 Å². The van der Waals surface area contributed by atoms with Gasteiger partial charge in [-0.15, -0.1) is 6.58 Å². The van der Waals surface area contributed by atoms with E-state index in [-0.39, 0.29) is 11.8 Å². The van der Waals surface area contributed by atoms with E-state index in [4.69, 9.17) is 5.73 Å². The SMILES string of the molecule is C=CCCCCCC(N)c1ccc(OC(F)F)cc1. The van der Waals surface area contributed by atoms with Gasteiger partial charge >= 0.3 is 6.61 Å². The highest BCUT2D eigenvalue weighted by molar-refractivity contribution is 5.29. The Morgan fingerprint density at radius 3 is 2.42 bits per heavy atom. The molecule has 2 nitrogen and oxygen atoms in total. The molecule has 0 radical (unpaired) electrons. The lowest BCUT2D eigenvalue weighted by Gasteiger charge is -2.12. The zero-order valence-corrected chi connectivity index (χ0v) is 11.0. The summed E-state index contributed by atoms with van der Waals surface area (Å²) < 4.78 is 28.3. The third-order valence-corrected chi connectivity index (χ3v) is 2.96. The second-order valence-electron chi connectivity index (χ2n) is 4.48. The van der Waals surface area contributed by atoms with Gasteiger partial charge in [0, 0.05) is 6.04 Å². The van der Waals surface area contributed by atoms with E-state index in [0.717, 1.165) is 37.7 Å². The number of alkyl halides is 2. The molecule has 1 atom stereocenters. The van der Waals surface area contributed by atoms with Gasteiger partial charge in [0.05, 0.1) is 0 Å². The Labute approximate surface area is 113 Å². The van der Waals surface area contributed by atoms with Crippen LogP contribution < -0.4 is 10.5 Å². The molecule has 2 N–H and O–H groups in total. The molecule has 1 unspecified atom stereocenters. The Hall–Kier alpha value is -1.42. The molecule has 106 valence electrons. The molecule has 1 aromatic carbocycles. The second-order valence-corrected chi connectivity index (χ2v) is 4.48. The van der Waals surface area contributed by atoms with E-state index in [2.05, 4.69) is 11.3 Å². The van der Waals surface area contributed by atoms with Crippen molar-refractivity contribution in [3.05, 3.63) is 42.5 Å². The lowest BCUT2D eigenvalue weighted by Crippen LogP contribution is -2.10. The summed E-state index contributed by atoms with van der Waals surface area (Å²) in [5.41, 5.74) is 7.00. The summed E-state index contributed by atoms with van der Waals surface area (Å²) in [5, 5.41) is 0. The minimum atomic E-state index is -2.79. The zero-order valence-electron chi connectivity index (χ0n) is 11.0. The third kappa shape index (κ3) is 6.34. The molecule has 0 fully saturated rings. The van der Waals surface area contributed by atoms with Gasteiger partial charge in [0.25, 0.3) is 0 Å². The molecule has 0 bridgehead atoms. The molecular formula is C15H21F2NO. The Morgan fingerprint density at radius 2 is 1.84 bits per heavy atom. The number of ether oxygens (including phenoxy) is 1. The van der Waals surface area contributed by atoms with Crippen molar-refractivity contribution >= 4 is 0 Å². The summed E-state index contributed by atoms with van der Waals surface area (Å²) >= 11 is 0. The van der Waals surface area contributed by atoms with E-state index in [0.29, 0.717) is 0 Å². The maximum Gasteiger partial charge on any atom is 0.387 e. The second kappa shape index (κ2) is 8.64. The minimum absolute atomic E-state index is 0.0515. The Bertz CT molecular complexity index is 365. The summed E-state index contributed by atoms with van der Waals surface area (Å²) in [6.07, 6.45) is 7.18. The van der Waals surface area contributed by atoms with Gasteiger partial charge in [0.2, 0.25) is 0 Å².